The van der Waals surface area contributed by atoms with Gasteiger partial charge in [-0.2, -0.15) is 8.78 Å². The van der Waals surface area contributed by atoms with Crippen molar-refractivity contribution in [3.8, 4) is 0 Å². The molecule has 0 unspecified atom stereocenters. The van der Waals surface area contributed by atoms with Gasteiger partial charge >= 0.3 is 6.11 Å². The summed E-state index contributed by atoms with van der Waals surface area (Å²) in [5, 5.41) is -0.225. The van der Waals surface area contributed by atoms with Gasteiger partial charge in [-0.3, -0.25) is 0 Å². The third-order valence-electron chi connectivity index (χ3n) is 9.17. The van der Waals surface area contributed by atoms with Crippen LogP contribution in [0.1, 0.15) is 93.6 Å². The predicted octanol–water partition coefficient (Wildman–Crippen LogP) is 9.84. The number of allylic oxidation sites excluding steroid dienone is 2. The summed E-state index contributed by atoms with van der Waals surface area (Å²) in [6.45, 7) is 3.31. The second-order valence-electron chi connectivity index (χ2n) is 11.9. The maximum absolute atomic E-state index is 15.2. The van der Waals surface area contributed by atoms with E-state index in [1.54, 1.807) is 6.07 Å². The van der Waals surface area contributed by atoms with E-state index in [2.05, 4.69) is 19.1 Å². The van der Waals surface area contributed by atoms with Crippen molar-refractivity contribution in [2.24, 2.45) is 17.8 Å². The summed E-state index contributed by atoms with van der Waals surface area (Å²) < 4.78 is 75.3. The quantitative estimate of drug-likeness (QED) is 0.225. The molecule has 3 aliphatic rings. The van der Waals surface area contributed by atoms with Crippen LogP contribution in [0.15, 0.2) is 48.6 Å². The lowest BCUT2D eigenvalue weighted by Gasteiger charge is -2.37. The Labute approximate surface area is 245 Å². The second kappa shape index (κ2) is 13.6. The lowest BCUT2D eigenvalue weighted by atomic mass is 9.75. The molecule has 2 saturated carbocycles. The Kier molecular flexibility index (Phi) is 10.1. The van der Waals surface area contributed by atoms with Crippen LogP contribution >= 0.6 is 11.6 Å². The summed E-state index contributed by atoms with van der Waals surface area (Å²) >= 11 is 5.61. The fourth-order valence-electron chi connectivity index (χ4n) is 6.67. The van der Waals surface area contributed by atoms with Crippen LogP contribution in [0.25, 0.3) is 0 Å². The van der Waals surface area contributed by atoms with E-state index in [4.69, 9.17) is 25.8 Å². The van der Waals surface area contributed by atoms with E-state index in [9.17, 15) is 13.2 Å². The van der Waals surface area contributed by atoms with E-state index < -0.39 is 29.9 Å². The van der Waals surface area contributed by atoms with E-state index >= 15 is 4.39 Å². The van der Waals surface area contributed by atoms with Gasteiger partial charge in [-0.25, -0.2) is 8.78 Å². The topological polar surface area (TPSA) is 27.7 Å². The van der Waals surface area contributed by atoms with Gasteiger partial charge in [0.25, 0.3) is 0 Å². The largest absolute Gasteiger partial charge is 0.383 e. The molecule has 3 fully saturated rings. The standard InChI is InChI=1S/C33H39ClF4O3/c1-2-3-4-21-5-7-22(8-6-21)25-19-39-32(40-20-25)24-11-15-28(30(35)17-24)23-9-13-27(14-10-23)41-33(37,38)26-12-16-29(34)31(36)18-26/h2-3,11-12,15-18,21-23,25,27,32H,4-10,13-14,19-20H2,1H3/b3-2-. The van der Waals surface area contributed by atoms with Crippen molar-refractivity contribution in [3.05, 3.63) is 81.9 Å². The molecule has 2 aliphatic carbocycles. The lowest BCUT2D eigenvalue weighted by Crippen LogP contribution is -2.34. The van der Waals surface area contributed by atoms with Gasteiger partial charge in [-0.05, 0) is 112 Å². The molecule has 0 radical (unpaired) electrons. The summed E-state index contributed by atoms with van der Waals surface area (Å²) in [6.07, 6.45) is 7.29. The Morgan fingerprint density at radius 1 is 0.878 bits per heavy atom. The van der Waals surface area contributed by atoms with Gasteiger partial charge in [0.2, 0.25) is 0 Å². The number of halogens is 5. The van der Waals surface area contributed by atoms with E-state index in [1.807, 2.05) is 6.07 Å². The summed E-state index contributed by atoms with van der Waals surface area (Å²) in [5.74, 6) is 0.432. The van der Waals surface area contributed by atoms with Crippen LogP contribution in [0, 0.1) is 29.4 Å². The van der Waals surface area contributed by atoms with Crippen molar-refractivity contribution in [2.45, 2.75) is 89.1 Å². The summed E-state index contributed by atoms with van der Waals surface area (Å²) in [5.41, 5.74) is 0.655. The van der Waals surface area contributed by atoms with Crippen LogP contribution in [0.3, 0.4) is 0 Å². The number of hydrogen-bond acceptors (Lipinski definition) is 3. The molecule has 0 amide bonds. The third-order valence-corrected chi connectivity index (χ3v) is 9.47. The molecule has 0 aromatic heterocycles. The molecule has 0 spiro atoms. The van der Waals surface area contributed by atoms with Gasteiger partial charge in [0.15, 0.2) is 6.29 Å². The summed E-state index contributed by atoms with van der Waals surface area (Å²) in [7, 11) is 0. The van der Waals surface area contributed by atoms with Crippen LogP contribution in [-0.2, 0) is 20.3 Å². The normalized spacial score (nSPS) is 29.6. The molecule has 1 aliphatic heterocycles. The highest BCUT2D eigenvalue weighted by Crippen LogP contribution is 2.42. The second-order valence-corrected chi connectivity index (χ2v) is 12.3. The maximum atomic E-state index is 15.2. The van der Waals surface area contributed by atoms with Gasteiger partial charge in [0.05, 0.1) is 29.9 Å². The van der Waals surface area contributed by atoms with Crippen molar-refractivity contribution in [1.82, 2.24) is 0 Å². The monoisotopic (exact) mass is 594 g/mol. The highest BCUT2D eigenvalue weighted by Gasteiger charge is 2.38. The molecule has 41 heavy (non-hydrogen) atoms. The Hall–Kier alpha value is -1.93. The molecule has 224 valence electrons. The molecule has 8 heteroatoms. The fraction of sp³-hybridized carbons (Fsp3) is 0.576. The first-order valence-electron chi connectivity index (χ1n) is 14.9. The van der Waals surface area contributed by atoms with Crippen molar-refractivity contribution in [3.63, 3.8) is 0 Å². The molecule has 0 bridgehead atoms. The van der Waals surface area contributed by atoms with Crippen molar-refractivity contribution in [2.75, 3.05) is 13.2 Å². The first-order valence-corrected chi connectivity index (χ1v) is 15.3. The van der Waals surface area contributed by atoms with E-state index in [0.717, 1.165) is 18.1 Å². The van der Waals surface area contributed by atoms with Crippen molar-refractivity contribution in [1.29, 1.82) is 0 Å². The minimum absolute atomic E-state index is 0.0917. The lowest BCUT2D eigenvalue weighted by molar-refractivity contribution is -0.277. The van der Waals surface area contributed by atoms with E-state index in [1.165, 1.54) is 38.2 Å². The maximum Gasteiger partial charge on any atom is 0.383 e. The highest BCUT2D eigenvalue weighted by molar-refractivity contribution is 6.30. The van der Waals surface area contributed by atoms with E-state index in [0.29, 0.717) is 67.9 Å². The zero-order valence-electron chi connectivity index (χ0n) is 23.5. The van der Waals surface area contributed by atoms with Gasteiger partial charge in [0.1, 0.15) is 11.6 Å². The zero-order chi connectivity index (χ0) is 29.0. The van der Waals surface area contributed by atoms with Gasteiger partial charge in [0, 0.05) is 11.5 Å². The van der Waals surface area contributed by atoms with Crippen LogP contribution < -0.4 is 0 Å². The molecule has 5 rings (SSSR count). The predicted molar refractivity (Wildman–Crippen MR) is 151 cm³/mol. The first kappa shape index (κ1) is 30.5. The number of hydrogen-bond donors (Lipinski definition) is 0. The smallest absolute Gasteiger partial charge is 0.348 e. The van der Waals surface area contributed by atoms with Crippen LogP contribution in [-0.4, -0.2) is 19.3 Å². The zero-order valence-corrected chi connectivity index (χ0v) is 24.2. The molecule has 0 N–H and O–H groups in total. The highest BCUT2D eigenvalue weighted by atomic mass is 35.5. The first-order chi connectivity index (χ1) is 19.7. The molecule has 2 aromatic carbocycles. The molecular weight excluding hydrogens is 556 g/mol. The molecule has 2 aromatic rings. The SMILES string of the molecule is C/C=C\CC1CCC(C2COC(c3ccc(C4CCC(OC(F)(F)c5ccc(Cl)c(F)c5)CC4)c(F)c3)OC2)CC1. The Morgan fingerprint density at radius 3 is 2.22 bits per heavy atom. The summed E-state index contributed by atoms with van der Waals surface area (Å²) in [6, 6.07) is 7.95. The Morgan fingerprint density at radius 2 is 1.59 bits per heavy atom. The molecule has 1 heterocycles. The number of benzene rings is 2. The van der Waals surface area contributed by atoms with Gasteiger partial charge in [-0.15, -0.1) is 0 Å². The third kappa shape index (κ3) is 7.54. The van der Waals surface area contributed by atoms with Crippen LogP contribution in [0.5, 0.6) is 0 Å². The molecule has 3 nitrogen and oxygen atoms in total. The summed E-state index contributed by atoms with van der Waals surface area (Å²) in [4.78, 5) is 0. The average molecular weight is 595 g/mol. The number of rotatable bonds is 8. The number of ether oxygens (including phenoxy) is 3. The average Bonchev–Trinajstić information content (AvgIpc) is 2.98. The minimum Gasteiger partial charge on any atom is -0.348 e. The molecule has 0 atom stereocenters. The molecular formula is C33H39ClF4O3. The fourth-order valence-corrected chi connectivity index (χ4v) is 6.79. The van der Waals surface area contributed by atoms with Crippen LogP contribution in [0.2, 0.25) is 5.02 Å². The van der Waals surface area contributed by atoms with Crippen molar-refractivity contribution >= 4 is 11.6 Å². The van der Waals surface area contributed by atoms with Gasteiger partial charge < -0.3 is 14.2 Å². The van der Waals surface area contributed by atoms with Crippen LogP contribution in [0.4, 0.5) is 17.6 Å². The minimum atomic E-state index is -3.64. The van der Waals surface area contributed by atoms with E-state index in [-0.39, 0.29) is 16.8 Å². The number of alkyl halides is 2. The Balaban J connectivity index is 1.10. The van der Waals surface area contributed by atoms with Crippen molar-refractivity contribution < 1.29 is 31.8 Å². The molecule has 1 saturated heterocycles. The van der Waals surface area contributed by atoms with Gasteiger partial charge in [-0.1, -0.05) is 35.9 Å². The Bertz CT molecular complexity index is 1180.